The van der Waals surface area contributed by atoms with Gasteiger partial charge in [0, 0.05) is 38.1 Å². The van der Waals surface area contributed by atoms with Gasteiger partial charge in [-0.05, 0) is 80.8 Å². The zero-order valence-corrected chi connectivity index (χ0v) is 23.4. The van der Waals surface area contributed by atoms with E-state index in [0.29, 0.717) is 43.8 Å². The molecule has 4 N–H and O–H groups in total. The summed E-state index contributed by atoms with van der Waals surface area (Å²) in [6.45, 7) is 11.8. The second-order valence-electron chi connectivity index (χ2n) is 8.99. The molecule has 3 atom stereocenters. The number of thiocarbonyl (C=S) groups is 1. The van der Waals surface area contributed by atoms with Crippen LogP contribution in [-0.4, -0.2) is 75.3 Å². The van der Waals surface area contributed by atoms with Gasteiger partial charge in [-0.3, -0.25) is 4.90 Å². The Morgan fingerprint density at radius 3 is 2.77 bits per heavy atom. The maximum Gasteiger partial charge on any atom is 0.316 e. The first-order valence-corrected chi connectivity index (χ1v) is 14.9. The molecule has 1 aromatic heterocycles. The van der Waals surface area contributed by atoms with Crippen LogP contribution in [0.15, 0.2) is 41.6 Å². The minimum absolute atomic E-state index is 0.329. The van der Waals surface area contributed by atoms with Crippen molar-refractivity contribution in [1.29, 1.82) is 0 Å². The van der Waals surface area contributed by atoms with Gasteiger partial charge >= 0.3 is 6.01 Å². The highest BCUT2D eigenvalue weighted by Crippen LogP contribution is 2.25. The van der Waals surface area contributed by atoms with Gasteiger partial charge in [0.25, 0.3) is 0 Å². The summed E-state index contributed by atoms with van der Waals surface area (Å²) in [5.74, 6) is 2.58. The van der Waals surface area contributed by atoms with E-state index in [1.54, 1.807) is 11.9 Å². The van der Waals surface area contributed by atoms with Gasteiger partial charge in [0.1, 0.15) is 12.4 Å². The molecular weight excluding hydrogens is 497 g/mol. The summed E-state index contributed by atoms with van der Waals surface area (Å²) < 4.78 is 8.13. The van der Waals surface area contributed by atoms with Gasteiger partial charge in [-0.25, -0.2) is 14.3 Å². The van der Waals surface area contributed by atoms with Crippen LogP contribution in [0.3, 0.4) is 0 Å². The summed E-state index contributed by atoms with van der Waals surface area (Å²) in [7, 11) is 0.590. The molecule has 3 heterocycles. The van der Waals surface area contributed by atoms with Crippen molar-refractivity contribution in [3.05, 3.63) is 36.7 Å². The predicted molar refractivity (Wildman–Crippen MR) is 152 cm³/mol. The van der Waals surface area contributed by atoms with Crippen LogP contribution in [0.25, 0.3) is 0 Å². The maximum atomic E-state index is 6.05. The quantitative estimate of drug-likeness (QED) is 0.168. The lowest BCUT2D eigenvalue weighted by Gasteiger charge is -2.25. The molecule has 2 aliphatic heterocycles. The average molecular weight is 538 g/mol. The Morgan fingerprint density at radius 1 is 1.26 bits per heavy atom. The molecule has 8 nitrogen and oxygen atoms in total. The van der Waals surface area contributed by atoms with Gasteiger partial charge in [-0.2, -0.15) is 0 Å². The highest BCUT2D eigenvalue weighted by Gasteiger charge is 2.19. The van der Waals surface area contributed by atoms with Crippen LogP contribution >= 0.6 is 32.7 Å². The molecule has 0 radical (unpaired) electrons. The molecule has 3 rings (SSSR count). The minimum atomic E-state index is 0.329. The molecular formula is C24H40N7OPS2. The highest BCUT2D eigenvalue weighted by atomic mass is 32.2. The molecule has 1 aromatic rings. The molecule has 0 saturated carbocycles. The van der Waals surface area contributed by atoms with E-state index in [1.165, 1.54) is 32.4 Å². The van der Waals surface area contributed by atoms with Crippen molar-refractivity contribution >= 4 is 37.9 Å². The van der Waals surface area contributed by atoms with E-state index in [4.69, 9.17) is 22.7 Å². The van der Waals surface area contributed by atoms with Crippen LogP contribution in [0.5, 0.6) is 6.01 Å². The summed E-state index contributed by atoms with van der Waals surface area (Å²) in [6.07, 6.45) is 12.7. The Morgan fingerprint density at radius 2 is 2.03 bits per heavy atom. The molecule has 194 valence electrons. The third kappa shape index (κ3) is 11.0. The van der Waals surface area contributed by atoms with Gasteiger partial charge in [-0.15, -0.1) is 6.58 Å². The van der Waals surface area contributed by atoms with Crippen LogP contribution in [0.2, 0.25) is 0 Å². The molecule has 0 aliphatic carbocycles. The fourth-order valence-electron chi connectivity index (χ4n) is 4.01. The average Bonchev–Trinajstić information content (AvgIpc) is 3.09. The number of aromatic nitrogens is 2. The van der Waals surface area contributed by atoms with Crippen molar-refractivity contribution in [2.75, 3.05) is 39.3 Å². The molecule has 0 spiro atoms. The fraction of sp³-hybridized carbons (Fsp3) is 0.625. The monoisotopic (exact) mass is 537 g/mol. The molecule has 2 aliphatic rings. The number of allylic oxidation sites excluding steroid dienone is 1. The fourth-order valence-corrected chi connectivity index (χ4v) is 5.86. The SMILES string of the molecule is C=CC(C)P/C=C(\N)NC(=S)NC1CCCN(Sc2cnc(OCCN3CCCCC3)nc2)CC1. The summed E-state index contributed by atoms with van der Waals surface area (Å²) in [4.78, 5) is 12.3. The van der Waals surface area contributed by atoms with E-state index in [1.807, 2.05) is 24.3 Å². The third-order valence-corrected chi connectivity index (χ3v) is 8.57. The molecule has 0 amide bonds. The maximum absolute atomic E-state index is 6.05. The van der Waals surface area contributed by atoms with Gasteiger partial charge in [0.15, 0.2) is 5.11 Å². The summed E-state index contributed by atoms with van der Waals surface area (Å²) in [6, 6.07) is 0.787. The number of nitrogens with one attached hydrogen (secondary N) is 2. The Labute approximate surface area is 221 Å². The van der Waals surface area contributed by atoms with E-state index in [0.717, 1.165) is 43.8 Å². The summed E-state index contributed by atoms with van der Waals surface area (Å²) >= 11 is 7.18. The topological polar surface area (TPSA) is 91.6 Å². The van der Waals surface area contributed by atoms with Crippen LogP contribution in [0.4, 0.5) is 0 Å². The first-order valence-electron chi connectivity index (χ1n) is 12.5. The molecule has 0 bridgehead atoms. The number of piperidine rings is 1. The standard InChI is InChI=1S/C24H40N7OPS2/c1-3-19(2)33-18-22(25)29-24(34)28-20-8-7-12-31(13-9-20)35-21-16-26-23(27-17-21)32-15-14-30-10-5-4-6-11-30/h3,16-20,33H,1,4-15,25H2,2H3,(H2,28,29,34)/b22-18+. The summed E-state index contributed by atoms with van der Waals surface area (Å²) in [5, 5.41) is 7.11. The van der Waals surface area contributed by atoms with Crippen LogP contribution in [-0.2, 0) is 0 Å². The second-order valence-corrected chi connectivity index (χ2v) is 12.1. The minimum Gasteiger partial charge on any atom is -0.462 e. The Bertz CT molecular complexity index is 821. The number of hydrogen-bond donors (Lipinski definition) is 3. The zero-order valence-electron chi connectivity index (χ0n) is 20.7. The van der Waals surface area contributed by atoms with Gasteiger partial charge in [0.05, 0.1) is 4.90 Å². The number of nitrogens with two attached hydrogens (primary N) is 1. The smallest absolute Gasteiger partial charge is 0.316 e. The van der Waals surface area contributed by atoms with E-state index in [-0.39, 0.29) is 0 Å². The summed E-state index contributed by atoms with van der Waals surface area (Å²) in [5.41, 5.74) is 6.47. The van der Waals surface area contributed by atoms with Gasteiger partial charge in [-0.1, -0.05) is 28.0 Å². The van der Waals surface area contributed by atoms with Crippen molar-refractivity contribution in [3.8, 4) is 6.01 Å². The molecule has 11 heteroatoms. The molecule has 35 heavy (non-hydrogen) atoms. The number of hydrogen-bond acceptors (Lipinski definition) is 8. The number of nitrogens with zero attached hydrogens (tertiary/aromatic N) is 4. The molecule has 3 unspecified atom stereocenters. The van der Waals surface area contributed by atoms with E-state index in [2.05, 4.69) is 43.3 Å². The first kappa shape index (κ1) is 28.1. The Hall–Kier alpha value is -1.45. The third-order valence-electron chi connectivity index (χ3n) is 6.06. The normalized spacial score (nSPS) is 21.4. The highest BCUT2D eigenvalue weighted by molar-refractivity contribution is 7.97. The van der Waals surface area contributed by atoms with E-state index in [9.17, 15) is 0 Å². The predicted octanol–water partition coefficient (Wildman–Crippen LogP) is 3.68. The largest absolute Gasteiger partial charge is 0.462 e. The van der Waals surface area contributed by atoms with Crippen LogP contribution < -0.4 is 21.1 Å². The van der Waals surface area contributed by atoms with Crippen molar-refractivity contribution in [2.24, 2.45) is 5.73 Å². The second kappa shape index (κ2) is 15.6. The first-order chi connectivity index (χ1) is 17.0. The Kier molecular flexibility index (Phi) is 12.5. The van der Waals surface area contributed by atoms with E-state index >= 15 is 0 Å². The lowest BCUT2D eigenvalue weighted by atomic mass is 10.1. The van der Waals surface area contributed by atoms with Crippen molar-refractivity contribution in [1.82, 2.24) is 29.8 Å². The van der Waals surface area contributed by atoms with Crippen LogP contribution in [0.1, 0.15) is 45.4 Å². The molecule has 2 saturated heterocycles. The van der Waals surface area contributed by atoms with Crippen molar-refractivity contribution in [2.45, 2.75) is 62.0 Å². The number of rotatable bonds is 11. The lowest BCUT2D eigenvalue weighted by molar-refractivity contribution is 0.177. The van der Waals surface area contributed by atoms with Crippen molar-refractivity contribution in [3.63, 3.8) is 0 Å². The van der Waals surface area contributed by atoms with E-state index < -0.39 is 0 Å². The zero-order chi connectivity index (χ0) is 24.9. The molecule has 2 fully saturated rings. The Balaban J connectivity index is 1.35. The van der Waals surface area contributed by atoms with Crippen LogP contribution in [0, 0.1) is 0 Å². The number of likely N-dealkylation sites (tertiary alicyclic amines) is 1. The number of ether oxygens (including phenoxy) is 1. The lowest BCUT2D eigenvalue weighted by Crippen LogP contribution is -2.43. The van der Waals surface area contributed by atoms with Gasteiger partial charge in [0.2, 0.25) is 0 Å². The van der Waals surface area contributed by atoms with Crippen molar-refractivity contribution < 1.29 is 4.74 Å². The van der Waals surface area contributed by atoms with Gasteiger partial charge < -0.3 is 21.1 Å². The molecule has 0 aromatic carbocycles.